The van der Waals surface area contributed by atoms with Crippen molar-refractivity contribution >= 4 is 11.8 Å². The Morgan fingerprint density at radius 2 is 1.81 bits per heavy atom. The molecule has 0 unspecified atom stereocenters. The van der Waals surface area contributed by atoms with E-state index in [2.05, 4.69) is 12.2 Å². The quantitative estimate of drug-likeness (QED) is 0.867. The molecule has 3 rings (SSSR count). The molecule has 2 saturated carbocycles. The lowest BCUT2D eigenvalue weighted by molar-refractivity contribution is -0.134. The first-order valence-electron chi connectivity index (χ1n) is 8.60. The first-order chi connectivity index (χ1) is 10.0. The van der Waals surface area contributed by atoms with Crippen molar-refractivity contribution in [1.29, 1.82) is 0 Å². The van der Waals surface area contributed by atoms with E-state index in [0.29, 0.717) is 12.0 Å². The Bertz CT molecular complexity index is 415. The van der Waals surface area contributed by atoms with E-state index in [9.17, 15) is 9.59 Å². The Hall–Kier alpha value is -1.06. The molecule has 0 radical (unpaired) electrons. The van der Waals surface area contributed by atoms with Crippen molar-refractivity contribution in [3.63, 3.8) is 0 Å². The lowest BCUT2D eigenvalue weighted by Crippen LogP contribution is -2.46. The fourth-order valence-electron chi connectivity index (χ4n) is 4.81. The van der Waals surface area contributed by atoms with Crippen molar-refractivity contribution < 1.29 is 9.59 Å². The van der Waals surface area contributed by atoms with E-state index in [1.165, 1.54) is 25.7 Å². The van der Waals surface area contributed by atoms with Gasteiger partial charge in [-0.15, -0.1) is 0 Å². The summed E-state index contributed by atoms with van der Waals surface area (Å²) in [7, 11) is 0. The van der Waals surface area contributed by atoms with Crippen LogP contribution in [0.1, 0.15) is 52.4 Å². The highest BCUT2D eigenvalue weighted by Crippen LogP contribution is 2.49. The minimum atomic E-state index is 0.0987. The van der Waals surface area contributed by atoms with Crippen molar-refractivity contribution in [3.8, 4) is 0 Å². The van der Waals surface area contributed by atoms with Gasteiger partial charge in [0.25, 0.3) is 0 Å². The van der Waals surface area contributed by atoms with Crippen LogP contribution in [0.4, 0.5) is 0 Å². The van der Waals surface area contributed by atoms with E-state index in [0.717, 1.165) is 37.8 Å². The van der Waals surface area contributed by atoms with Crippen molar-refractivity contribution in [3.05, 3.63) is 0 Å². The van der Waals surface area contributed by atoms with Crippen molar-refractivity contribution in [1.82, 2.24) is 10.2 Å². The van der Waals surface area contributed by atoms with Crippen molar-refractivity contribution in [2.24, 2.45) is 23.7 Å². The van der Waals surface area contributed by atoms with Gasteiger partial charge in [-0.05, 0) is 56.8 Å². The molecule has 4 nitrogen and oxygen atoms in total. The van der Waals surface area contributed by atoms with Gasteiger partial charge < -0.3 is 10.2 Å². The lowest BCUT2D eigenvalue weighted by Gasteiger charge is -2.33. The number of nitrogens with one attached hydrogen (secondary N) is 1. The summed E-state index contributed by atoms with van der Waals surface area (Å²) in [5, 5.41) is 3.28. The maximum Gasteiger partial charge on any atom is 0.223 e. The van der Waals surface area contributed by atoms with Crippen molar-refractivity contribution in [2.45, 2.75) is 58.4 Å². The molecule has 0 aromatic carbocycles. The summed E-state index contributed by atoms with van der Waals surface area (Å²) in [6, 6.07) is 0.318. The second-order valence-corrected chi connectivity index (χ2v) is 7.42. The maximum absolute atomic E-state index is 12.4. The van der Waals surface area contributed by atoms with Crippen LogP contribution in [0.2, 0.25) is 0 Å². The van der Waals surface area contributed by atoms with Gasteiger partial charge in [0.2, 0.25) is 11.8 Å². The summed E-state index contributed by atoms with van der Waals surface area (Å²) >= 11 is 0. The van der Waals surface area contributed by atoms with E-state index in [4.69, 9.17) is 0 Å². The number of fused-ring (bicyclic) bond motifs is 2. The maximum atomic E-state index is 12.4. The molecule has 2 amide bonds. The largest absolute Gasteiger partial charge is 0.353 e. The van der Waals surface area contributed by atoms with Gasteiger partial charge in [0.15, 0.2) is 0 Å². The summed E-state index contributed by atoms with van der Waals surface area (Å²) < 4.78 is 0. The average molecular weight is 292 g/mol. The summed E-state index contributed by atoms with van der Waals surface area (Å²) in [5.74, 6) is 2.92. The molecule has 4 atom stereocenters. The Morgan fingerprint density at radius 3 is 2.33 bits per heavy atom. The highest BCUT2D eigenvalue weighted by atomic mass is 16.2. The van der Waals surface area contributed by atoms with Crippen LogP contribution in [0.5, 0.6) is 0 Å². The second-order valence-electron chi connectivity index (χ2n) is 7.42. The Morgan fingerprint density at radius 1 is 1.10 bits per heavy atom. The van der Waals surface area contributed by atoms with Gasteiger partial charge in [-0.3, -0.25) is 9.59 Å². The number of carbonyl (C=O) groups excluding carboxylic acids is 2. The lowest BCUT2D eigenvalue weighted by atomic mass is 9.83. The Labute approximate surface area is 127 Å². The number of nitrogens with zero attached hydrogens (tertiary/aromatic N) is 1. The zero-order valence-corrected chi connectivity index (χ0v) is 13.3. The Balaban J connectivity index is 1.47. The summed E-state index contributed by atoms with van der Waals surface area (Å²) in [6.07, 6.45) is 7.11. The summed E-state index contributed by atoms with van der Waals surface area (Å²) in [6.45, 7) is 5.26. The van der Waals surface area contributed by atoms with Gasteiger partial charge in [-0.2, -0.15) is 0 Å². The smallest absolute Gasteiger partial charge is 0.223 e. The number of piperidine rings is 1. The molecule has 1 saturated heterocycles. The fraction of sp³-hybridized carbons (Fsp3) is 0.882. The third-order valence-corrected chi connectivity index (χ3v) is 6.12. The zero-order chi connectivity index (χ0) is 15.0. The molecule has 1 heterocycles. The molecule has 2 bridgehead atoms. The SMILES string of the molecule is CC(=O)N1CCC(C(=O)N[C@@H](C)[C@@H]2C[C@@H]3CC[C@@H]2C3)CC1. The van der Waals surface area contributed by atoms with E-state index in [1.807, 2.05) is 4.90 Å². The van der Waals surface area contributed by atoms with E-state index in [-0.39, 0.29) is 17.7 Å². The van der Waals surface area contributed by atoms with Crippen LogP contribution < -0.4 is 5.32 Å². The fourth-order valence-corrected chi connectivity index (χ4v) is 4.81. The first-order valence-corrected chi connectivity index (χ1v) is 8.60. The zero-order valence-electron chi connectivity index (χ0n) is 13.3. The standard InChI is InChI=1S/C17H28N2O2/c1-11(16-10-13-3-4-15(16)9-13)18-17(21)14-5-7-19(8-6-14)12(2)20/h11,13-16H,3-10H2,1-2H3,(H,18,21)/t11-,13+,15+,16-/m0/s1. The Kier molecular flexibility index (Phi) is 4.23. The molecular weight excluding hydrogens is 264 g/mol. The summed E-state index contributed by atoms with van der Waals surface area (Å²) in [4.78, 5) is 25.6. The molecule has 118 valence electrons. The van der Waals surface area contributed by atoms with Crippen LogP contribution in [-0.2, 0) is 9.59 Å². The number of hydrogen-bond acceptors (Lipinski definition) is 2. The average Bonchev–Trinajstić information content (AvgIpc) is 3.10. The van der Waals surface area contributed by atoms with Crippen LogP contribution in [0.25, 0.3) is 0 Å². The minimum absolute atomic E-state index is 0.0987. The monoisotopic (exact) mass is 292 g/mol. The van der Waals surface area contributed by atoms with Crippen LogP contribution in [0.3, 0.4) is 0 Å². The predicted molar refractivity (Wildman–Crippen MR) is 81.5 cm³/mol. The van der Waals surface area contributed by atoms with Crippen LogP contribution in [-0.4, -0.2) is 35.8 Å². The predicted octanol–water partition coefficient (Wildman–Crippen LogP) is 2.19. The van der Waals surface area contributed by atoms with Gasteiger partial charge in [-0.1, -0.05) is 6.42 Å². The van der Waals surface area contributed by atoms with Crippen molar-refractivity contribution in [2.75, 3.05) is 13.1 Å². The van der Waals surface area contributed by atoms with Gasteiger partial charge in [0.05, 0.1) is 0 Å². The van der Waals surface area contributed by atoms with E-state index in [1.54, 1.807) is 6.92 Å². The molecule has 4 heteroatoms. The highest BCUT2D eigenvalue weighted by molar-refractivity contribution is 5.79. The normalized spacial score (nSPS) is 34.0. The number of amides is 2. The molecule has 3 aliphatic rings. The topological polar surface area (TPSA) is 49.4 Å². The van der Waals surface area contributed by atoms with Crippen LogP contribution in [0, 0.1) is 23.7 Å². The molecule has 1 aliphatic heterocycles. The van der Waals surface area contributed by atoms with Gasteiger partial charge in [0, 0.05) is 32.0 Å². The molecule has 1 N–H and O–H groups in total. The number of carbonyl (C=O) groups is 2. The van der Waals surface area contributed by atoms with Crippen LogP contribution >= 0.6 is 0 Å². The van der Waals surface area contributed by atoms with Gasteiger partial charge in [-0.25, -0.2) is 0 Å². The first kappa shape index (κ1) is 14.9. The molecule has 21 heavy (non-hydrogen) atoms. The van der Waals surface area contributed by atoms with Crippen LogP contribution in [0.15, 0.2) is 0 Å². The molecular formula is C17H28N2O2. The van der Waals surface area contributed by atoms with Gasteiger partial charge in [0.1, 0.15) is 0 Å². The second kappa shape index (κ2) is 5.98. The number of rotatable bonds is 3. The highest BCUT2D eigenvalue weighted by Gasteiger charge is 2.42. The molecule has 2 aliphatic carbocycles. The summed E-state index contributed by atoms with van der Waals surface area (Å²) in [5.41, 5.74) is 0. The van der Waals surface area contributed by atoms with E-state index >= 15 is 0 Å². The van der Waals surface area contributed by atoms with Gasteiger partial charge >= 0.3 is 0 Å². The number of likely N-dealkylation sites (tertiary alicyclic amines) is 1. The molecule has 3 fully saturated rings. The molecule has 0 spiro atoms. The van der Waals surface area contributed by atoms with E-state index < -0.39 is 0 Å². The third-order valence-electron chi connectivity index (χ3n) is 6.12. The molecule has 0 aromatic heterocycles. The molecule has 0 aromatic rings. The number of hydrogen-bond donors (Lipinski definition) is 1. The minimum Gasteiger partial charge on any atom is -0.353 e. The third kappa shape index (κ3) is 3.09.